The van der Waals surface area contributed by atoms with E-state index in [9.17, 15) is 9.90 Å². The summed E-state index contributed by atoms with van der Waals surface area (Å²) in [5, 5.41) is 9.87. The minimum Gasteiger partial charge on any atom is -0.508 e. The van der Waals surface area contributed by atoms with Gasteiger partial charge in [0.1, 0.15) is 12.0 Å². The van der Waals surface area contributed by atoms with Gasteiger partial charge in [-0.3, -0.25) is 0 Å². The average Bonchev–Trinajstić information content (AvgIpc) is 2.21. The van der Waals surface area contributed by atoms with Crippen molar-refractivity contribution in [3.05, 3.63) is 28.8 Å². The van der Waals surface area contributed by atoms with Crippen molar-refractivity contribution in [1.29, 1.82) is 0 Å². The van der Waals surface area contributed by atoms with Crippen LogP contribution in [0, 0.1) is 0 Å². The largest absolute Gasteiger partial charge is 0.508 e. The molecule has 1 aromatic carbocycles. The number of aldehydes is 1. The van der Waals surface area contributed by atoms with Crippen LogP contribution in [0.4, 0.5) is 0 Å². The van der Waals surface area contributed by atoms with Gasteiger partial charge in [0.15, 0.2) is 0 Å². The molecule has 0 unspecified atom stereocenters. The number of benzene rings is 1. The molecule has 1 N–H and O–H groups in total. The first-order valence-corrected chi connectivity index (χ1v) is 5.83. The molecule has 0 saturated carbocycles. The van der Waals surface area contributed by atoms with Crippen LogP contribution < -0.4 is 0 Å². The van der Waals surface area contributed by atoms with Crippen LogP contribution in [0.1, 0.15) is 43.4 Å². The molecule has 0 spiro atoms. The molecule has 1 aliphatic rings. The predicted octanol–water partition coefficient (Wildman–Crippen LogP) is 2.75. The molecular weight excluding hydrogens is 200 g/mol. The van der Waals surface area contributed by atoms with Crippen molar-refractivity contribution in [3.63, 3.8) is 0 Å². The van der Waals surface area contributed by atoms with E-state index in [1.165, 1.54) is 17.5 Å². The zero-order valence-electron chi connectivity index (χ0n) is 9.92. The maximum Gasteiger partial charge on any atom is 0.124 e. The van der Waals surface area contributed by atoms with E-state index in [0.29, 0.717) is 6.42 Å². The number of aromatic hydroxyl groups is 1. The zero-order chi connectivity index (χ0) is 11.8. The summed E-state index contributed by atoms with van der Waals surface area (Å²) < 4.78 is 0. The van der Waals surface area contributed by atoms with Crippen molar-refractivity contribution < 1.29 is 9.90 Å². The molecular formula is C14H18O2. The van der Waals surface area contributed by atoms with E-state index in [0.717, 1.165) is 24.7 Å². The molecule has 2 heteroatoms. The van der Waals surface area contributed by atoms with Gasteiger partial charge in [0, 0.05) is 12.0 Å². The van der Waals surface area contributed by atoms with E-state index in [-0.39, 0.29) is 11.2 Å². The average molecular weight is 218 g/mol. The van der Waals surface area contributed by atoms with Crippen molar-refractivity contribution in [3.8, 4) is 5.75 Å². The summed E-state index contributed by atoms with van der Waals surface area (Å²) in [7, 11) is 0. The third-order valence-corrected chi connectivity index (χ3v) is 3.58. The summed E-state index contributed by atoms with van der Waals surface area (Å²) in [6, 6.07) is 3.85. The molecule has 0 radical (unpaired) electrons. The summed E-state index contributed by atoms with van der Waals surface area (Å²) in [4.78, 5) is 10.5. The smallest absolute Gasteiger partial charge is 0.124 e. The van der Waals surface area contributed by atoms with Crippen LogP contribution in [-0.4, -0.2) is 11.4 Å². The fourth-order valence-corrected chi connectivity index (χ4v) is 2.63. The van der Waals surface area contributed by atoms with Crippen molar-refractivity contribution in [2.75, 3.05) is 0 Å². The predicted molar refractivity (Wildman–Crippen MR) is 63.8 cm³/mol. The number of phenols is 1. The third kappa shape index (κ3) is 1.84. The van der Waals surface area contributed by atoms with Crippen molar-refractivity contribution in [1.82, 2.24) is 0 Å². The number of carbonyl (C=O) groups is 1. The van der Waals surface area contributed by atoms with Gasteiger partial charge in [0.05, 0.1) is 0 Å². The van der Waals surface area contributed by atoms with Gasteiger partial charge in [-0.1, -0.05) is 19.9 Å². The van der Waals surface area contributed by atoms with Gasteiger partial charge in [-0.2, -0.15) is 0 Å². The second kappa shape index (κ2) is 3.93. The van der Waals surface area contributed by atoms with E-state index in [1.807, 2.05) is 12.1 Å². The lowest BCUT2D eigenvalue weighted by Gasteiger charge is -2.33. The molecule has 0 aromatic heterocycles. The minimum atomic E-state index is 0.144. The van der Waals surface area contributed by atoms with E-state index in [4.69, 9.17) is 0 Å². The quantitative estimate of drug-likeness (QED) is 0.775. The third-order valence-electron chi connectivity index (χ3n) is 3.58. The van der Waals surface area contributed by atoms with Gasteiger partial charge < -0.3 is 9.90 Å². The Morgan fingerprint density at radius 1 is 1.44 bits per heavy atom. The van der Waals surface area contributed by atoms with Gasteiger partial charge in [0.2, 0.25) is 0 Å². The number of carbonyl (C=O) groups excluding carboxylic acids is 1. The van der Waals surface area contributed by atoms with Gasteiger partial charge in [-0.15, -0.1) is 0 Å². The first-order chi connectivity index (χ1) is 7.54. The SMILES string of the molecule is CC1(C)CCCc2cc(CC=O)c(O)cc21. The monoisotopic (exact) mass is 218 g/mol. The number of aryl methyl sites for hydroxylation is 1. The topological polar surface area (TPSA) is 37.3 Å². The molecule has 2 nitrogen and oxygen atoms in total. The lowest BCUT2D eigenvalue weighted by atomic mass is 9.72. The van der Waals surface area contributed by atoms with Crippen LogP contribution in [0.3, 0.4) is 0 Å². The van der Waals surface area contributed by atoms with Crippen molar-refractivity contribution >= 4 is 6.29 Å². The highest BCUT2D eigenvalue weighted by molar-refractivity contribution is 5.59. The lowest BCUT2D eigenvalue weighted by Crippen LogP contribution is -2.23. The summed E-state index contributed by atoms with van der Waals surface area (Å²) in [5.41, 5.74) is 3.44. The van der Waals surface area contributed by atoms with Crippen LogP contribution in [0.25, 0.3) is 0 Å². The highest BCUT2D eigenvalue weighted by Gasteiger charge is 2.28. The standard InChI is InChI=1S/C14H18O2/c1-14(2)6-3-4-10-8-11(5-7-15)13(16)9-12(10)14/h7-9,16H,3-6H2,1-2H3. The molecule has 1 aromatic rings. The molecule has 86 valence electrons. The second-order valence-corrected chi connectivity index (χ2v) is 5.25. The Hall–Kier alpha value is -1.31. The van der Waals surface area contributed by atoms with E-state index in [1.54, 1.807) is 0 Å². The van der Waals surface area contributed by atoms with Crippen molar-refractivity contribution in [2.45, 2.75) is 44.9 Å². The Morgan fingerprint density at radius 2 is 2.19 bits per heavy atom. The van der Waals surface area contributed by atoms with Gasteiger partial charge in [-0.05, 0) is 41.9 Å². The molecule has 0 atom stereocenters. The fraction of sp³-hybridized carbons (Fsp3) is 0.500. The first-order valence-electron chi connectivity index (χ1n) is 5.83. The van der Waals surface area contributed by atoms with Crippen LogP contribution in [-0.2, 0) is 23.1 Å². The van der Waals surface area contributed by atoms with Crippen LogP contribution in [0.15, 0.2) is 12.1 Å². The fourth-order valence-electron chi connectivity index (χ4n) is 2.63. The van der Waals surface area contributed by atoms with Gasteiger partial charge >= 0.3 is 0 Å². The number of fused-ring (bicyclic) bond motifs is 1. The maximum atomic E-state index is 10.5. The van der Waals surface area contributed by atoms with Crippen molar-refractivity contribution in [2.24, 2.45) is 0 Å². The summed E-state index contributed by atoms with van der Waals surface area (Å²) in [6.07, 6.45) is 4.55. The first kappa shape index (κ1) is 11.2. The molecule has 0 saturated heterocycles. The van der Waals surface area contributed by atoms with Crippen LogP contribution in [0.2, 0.25) is 0 Å². The highest BCUT2D eigenvalue weighted by atomic mass is 16.3. The molecule has 16 heavy (non-hydrogen) atoms. The summed E-state index contributed by atoms with van der Waals surface area (Å²) >= 11 is 0. The lowest BCUT2D eigenvalue weighted by molar-refractivity contribution is -0.107. The van der Waals surface area contributed by atoms with Gasteiger partial charge in [0.25, 0.3) is 0 Å². The van der Waals surface area contributed by atoms with E-state index >= 15 is 0 Å². The number of phenolic OH excluding ortho intramolecular Hbond substituents is 1. The molecule has 0 heterocycles. The number of hydrogen-bond donors (Lipinski definition) is 1. The Balaban J connectivity index is 2.50. The molecule has 0 bridgehead atoms. The Morgan fingerprint density at radius 3 is 2.88 bits per heavy atom. The number of rotatable bonds is 2. The maximum absolute atomic E-state index is 10.5. The second-order valence-electron chi connectivity index (χ2n) is 5.25. The summed E-state index contributed by atoms with van der Waals surface area (Å²) in [5.74, 6) is 0.265. The van der Waals surface area contributed by atoms with E-state index < -0.39 is 0 Å². The van der Waals surface area contributed by atoms with Crippen LogP contribution >= 0.6 is 0 Å². The molecule has 1 aliphatic carbocycles. The molecule has 0 amide bonds. The molecule has 0 fully saturated rings. The Bertz CT molecular complexity index is 419. The van der Waals surface area contributed by atoms with Crippen LogP contribution in [0.5, 0.6) is 5.75 Å². The molecule has 0 aliphatic heterocycles. The minimum absolute atomic E-state index is 0.144. The molecule has 2 rings (SSSR count). The van der Waals surface area contributed by atoms with Gasteiger partial charge in [-0.25, -0.2) is 0 Å². The summed E-state index contributed by atoms with van der Waals surface area (Å²) in [6.45, 7) is 4.42. The zero-order valence-corrected chi connectivity index (χ0v) is 9.92. The highest BCUT2D eigenvalue weighted by Crippen LogP contribution is 2.39. The Labute approximate surface area is 96.3 Å². The normalized spacial score (nSPS) is 17.9. The number of hydrogen-bond acceptors (Lipinski definition) is 2. The van der Waals surface area contributed by atoms with E-state index in [2.05, 4.69) is 13.8 Å². The Kier molecular flexibility index (Phi) is 2.75.